The Kier molecular flexibility index (Phi) is 4.79. The summed E-state index contributed by atoms with van der Waals surface area (Å²) in [5, 5.41) is 3.42. The second kappa shape index (κ2) is 6.79. The zero-order valence-corrected chi connectivity index (χ0v) is 11.6. The fourth-order valence-electron chi connectivity index (χ4n) is 1.94. The number of anilines is 1. The first kappa shape index (κ1) is 13.4. The van der Waals surface area contributed by atoms with Crippen molar-refractivity contribution >= 4 is 11.8 Å². The Balaban J connectivity index is 1.89. The van der Waals surface area contributed by atoms with Crippen LogP contribution in [0.3, 0.4) is 0 Å². The SMILES string of the molecule is CC(C)c1cccc(NCC=Cc2ccccc2)c1. The Morgan fingerprint density at radius 2 is 1.79 bits per heavy atom. The molecule has 2 rings (SSSR count). The van der Waals surface area contributed by atoms with Gasteiger partial charge in [-0.1, -0.05) is 68.5 Å². The van der Waals surface area contributed by atoms with Crippen LogP contribution >= 0.6 is 0 Å². The average Bonchev–Trinajstić information content (AvgIpc) is 2.45. The fraction of sp³-hybridized carbons (Fsp3) is 0.222. The molecule has 0 bridgehead atoms. The molecule has 0 aliphatic carbocycles. The van der Waals surface area contributed by atoms with E-state index < -0.39 is 0 Å². The standard InChI is InChI=1S/C18H21N/c1-15(2)17-11-6-12-18(14-17)19-13-7-10-16-8-4-3-5-9-16/h3-12,14-15,19H,13H2,1-2H3. The van der Waals surface area contributed by atoms with Gasteiger partial charge in [0.25, 0.3) is 0 Å². The Morgan fingerprint density at radius 3 is 2.53 bits per heavy atom. The molecule has 1 N–H and O–H groups in total. The van der Waals surface area contributed by atoms with Crippen LogP contribution in [-0.4, -0.2) is 6.54 Å². The molecule has 0 radical (unpaired) electrons. The molecule has 0 amide bonds. The maximum absolute atomic E-state index is 3.42. The van der Waals surface area contributed by atoms with Gasteiger partial charge in [-0.25, -0.2) is 0 Å². The van der Waals surface area contributed by atoms with Gasteiger partial charge in [-0.3, -0.25) is 0 Å². The first-order chi connectivity index (χ1) is 9.25. The number of nitrogens with one attached hydrogen (secondary N) is 1. The van der Waals surface area contributed by atoms with Gasteiger partial charge in [0.05, 0.1) is 0 Å². The van der Waals surface area contributed by atoms with E-state index in [-0.39, 0.29) is 0 Å². The maximum Gasteiger partial charge on any atom is 0.0345 e. The largest absolute Gasteiger partial charge is 0.382 e. The van der Waals surface area contributed by atoms with Gasteiger partial charge in [0.1, 0.15) is 0 Å². The third-order valence-electron chi connectivity index (χ3n) is 3.09. The van der Waals surface area contributed by atoms with Crippen molar-refractivity contribution in [2.45, 2.75) is 19.8 Å². The van der Waals surface area contributed by atoms with Gasteiger partial charge < -0.3 is 5.32 Å². The van der Waals surface area contributed by atoms with Crippen molar-refractivity contribution in [2.75, 3.05) is 11.9 Å². The average molecular weight is 251 g/mol. The molecule has 0 aliphatic rings. The lowest BCUT2D eigenvalue weighted by molar-refractivity contribution is 0.867. The van der Waals surface area contributed by atoms with Gasteiger partial charge in [-0.05, 0) is 29.2 Å². The highest BCUT2D eigenvalue weighted by Crippen LogP contribution is 2.18. The lowest BCUT2D eigenvalue weighted by Crippen LogP contribution is -1.99. The van der Waals surface area contributed by atoms with Crippen molar-refractivity contribution in [3.63, 3.8) is 0 Å². The van der Waals surface area contributed by atoms with Crippen LogP contribution in [0.4, 0.5) is 5.69 Å². The Bertz CT molecular complexity index is 526. The quantitative estimate of drug-likeness (QED) is 0.794. The second-order valence-corrected chi connectivity index (χ2v) is 4.97. The van der Waals surface area contributed by atoms with E-state index in [1.807, 2.05) is 6.07 Å². The third kappa shape index (κ3) is 4.29. The van der Waals surface area contributed by atoms with E-state index in [0.717, 1.165) is 6.54 Å². The van der Waals surface area contributed by atoms with E-state index in [1.165, 1.54) is 16.8 Å². The number of benzene rings is 2. The molecule has 1 heteroatoms. The summed E-state index contributed by atoms with van der Waals surface area (Å²) in [6.45, 7) is 5.28. The zero-order chi connectivity index (χ0) is 13.5. The molecule has 0 atom stereocenters. The molecule has 0 aliphatic heterocycles. The minimum Gasteiger partial charge on any atom is -0.382 e. The Morgan fingerprint density at radius 1 is 1.00 bits per heavy atom. The highest BCUT2D eigenvalue weighted by atomic mass is 14.8. The van der Waals surface area contributed by atoms with Gasteiger partial charge in [0.2, 0.25) is 0 Å². The second-order valence-electron chi connectivity index (χ2n) is 4.97. The van der Waals surface area contributed by atoms with Gasteiger partial charge in [0, 0.05) is 12.2 Å². The molecule has 0 heterocycles. The number of hydrogen-bond donors (Lipinski definition) is 1. The minimum atomic E-state index is 0.571. The van der Waals surface area contributed by atoms with Crippen LogP contribution in [0.25, 0.3) is 6.08 Å². The smallest absolute Gasteiger partial charge is 0.0345 e. The van der Waals surface area contributed by atoms with Gasteiger partial charge in [-0.2, -0.15) is 0 Å². The van der Waals surface area contributed by atoms with Crippen molar-refractivity contribution in [1.82, 2.24) is 0 Å². The molecule has 98 valence electrons. The molecule has 0 unspecified atom stereocenters. The molecule has 0 aromatic heterocycles. The van der Waals surface area contributed by atoms with Crippen LogP contribution in [0.5, 0.6) is 0 Å². The highest BCUT2D eigenvalue weighted by Gasteiger charge is 1.98. The minimum absolute atomic E-state index is 0.571. The van der Waals surface area contributed by atoms with Crippen molar-refractivity contribution in [2.24, 2.45) is 0 Å². The number of rotatable bonds is 5. The lowest BCUT2D eigenvalue weighted by atomic mass is 10.0. The molecule has 2 aromatic rings. The molecule has 2 aromatic carbocycles. The van der Waals surface area contributed by atoms with Crippen molar-refractivity contribution in [3.8, 4) is 0 Å². The van der Waals surface area contributed by atoms with E-state index in [4.69, 9.17) is 0 Å². The topological polar surface area (TPSA) is 12.0 Å². The van der Waals surface area contributed by atoms with Crippen molar-refractivity contribution in [3.05, 3.63) is 71.8 Å². The maximum atomic E-state index is 3.42. The van der Waals surface area contributed by atoms with E-state index >= 15 is 0 Å². The normalized spacial score (nSPS) is 11.1. The van der Waals surface area contributed by atoms with E-state index in [0.29, 0.717) is 5.92 Å². The summed E-state index contributed by atoms with van der Waals surface area (Å²) >= 11 is 0. The summed E-state index contributed by atoms with van der Waals surface area (Å²) < 4.78 is 0. The molecule has 19 heavy (non-hydrogen) atoms. The Labute approximate surface area is 116 Å². The first-order valence-corrected chi connectivity index (χ1v) is 6.81. The van der Waals surface area contributed by atoms with Crippen LogP contribution < -0.4 is 5.32 Å². The predicted molar refractivity (Wildman–Crippen MR) is 84.5 cm³/mol. The van der Waals surface area contributed by atoms with Gasteiger partial charge >= 0.3 is 0 Å². The summed E-state index contributed by atoms with van der Waals surface area (Å²) in [6, 6.07) is 19.0. The summed E-state index contributed by atoms with van der Waals surface area (Å²) in [5.74, 6) is 0.571. The van der Waals surface area contributed by atoms with Crippen LogP contribution in [0, 0.1) is 0 Å². The van der Waals surface area contributed by atoms with Crippen LogP contribution in [-0.2, 0) is 0 Å². The first-order valence-electron chi connectivity index (χ1n) is 6.81. The zero-order valence-electron chi connectivity index (χ0n) is 11.6. The molecular weight excluding hydrogens is 230 g/mol. The van der Waals surface area contributed by atoms with Gasteiger partial charge in [-0.15, -0.1) is 0 Å². The molecule has 0 spiro atoms. The van der Waals surface area contributed by atoms with E-state index in [9.17, 15) is 0 Å². The Hall–Kier alpha value is -2.02. The molecular formula is C18H21N. The third-order valence-corrected chi connectivity index (χ3v) is 3.09. The van der Waals surface area contributed by atoms with E-state index in [1.54, 1.807) is 0 Å². The molecule has 0 saturated heterocycles. The van der Waals surface area contributed by atoms with Crippen molar-refractivity contribution < 1.29 is 0 Å². The van der Waals surface area contributed by atoms with E-state index in [2.05, 4.69) is 79.8 Å². The fourth-order valence-corrected chi connectivity index (χ4v) is 1.94. The predicted octanol–water partition coefficient (Wildman–Crippen LogP) is 4.94. The van der Waals surface area contributed by atoms with Gasteiger partial charge in [0.15, 0.2) is 0 Å². The molecule has 1 nitrogen and oxygen atoms in total. The number of hydrogen-bond acceptors (Lipinski definition) is 1. The van der Waals surface area contributed by atoms with Crippen molar-refractivity contribution in [1.29, 1.82) is 0 Å². The summed E-state index contributed by atoms with van der Waals surface area (Å²) in [7, 11) is 0. The summed E-state index contributed by atoms with van der Waals surface area (Å²) in [4.78, 5) is 0. The monoisotopic (exact) mass is 251 g/mol. The van der Waals surface area contributed by atoms with Crippen LogP contribution in [0.15, 0.2) is 60.7 Å². The highest BCUT2D eigenvalue weighted by molar-refractivity contribution is 5.51. The van der Waals surface area contributed by atoms with Crippen LogP contribution in [0.2, 0.25) is 0 Å². The molecule has 0 fully saturated rings. The summed E-state index contributed by atoms with van der Waals surface area (Å²) in [6.07, 6.45) is 4.29. The summed E-state index contributed by atoms with van der Waals surface area (Å²) in [5.41, 5.74) is 3.79. The molecule has 0 saturated carbocycles. The lowest BCUT2D eigenvalue weighted by Gasteiger charge is -2.08. The van der Waals surface area contributed by atoms with Crippen LogP contribution in [0.1, 0.15) is 30.9 Å².